The molecule has 0 aliphatic carbocycles. The summed E-state index contributed by atoms with van der Waals surface area (Å²) in [6, 6.07) is 18.1. The van der Waals surface area contributed by atoms with Crippen LogP contribution < -0.4 is 4.74 Å². The molecular weight excluding hydrogens is 342 g/mol. The van der Waals surface area contributed by atoms with Gasteiger partial charge >= 0.3 is 0 Å². The molecular formula is C21H23N3OS. The molecule has 2 heterocycles. The van der Waals surface area contributed by atoms with Crippen molar-refractivity contribution in [1.82, 2.24) is 14.7 Å². The average molecular weight is 366 g/mol. The zero-order valence-corrected chi connectivity index (χ0v) is 15.8. The number of aryl methyl sites for hydroxylation is 1. The Bertz CT molecular complexity index is 839. The van der Waals surface area contributed by atoms with Crippen LogP contribution in [0.1, 0.15) is 5.56 Å². The number of hydrogen-bond acceptors (Lipinski definition) is 4. The molecule has 0 amide bonds. The third-order valence-electron chi connectivity index (χ3n) is 4.51. The highest BCUT2D eigenvalue weighted by Gasteiger charge is 2.16. The molecule has 5 heteroatoms. The summed E-state index contributed by atoms with van der Waals surface area (Å²) in [6.07, 6.45) is 2.14. The molecule has 1 aliphatic rings. The van der Waals surface area contributed by atoms with E-state index in [4.69, 9.17) is 9.84 Å². The minimum absolute atomic E-state index is 0.838. The van der Waals surface area contributed by atoms with Crippen LogP contribution in [0.5, 0.6) is 11.5 Å². The molecule has 0 N–H and O–H groups in total. The van der Waals surface area contributed by atoms with E-state index in [1.54, 1.807) is 0 Å². The van der Waals surface area contributed by atoms with Crippen molar-refractivity contribution in [3.05, 3.63) is 66.4 Å². The van der Waals surface area contributed by atoms with E-state index in [1.165, 1.54) is 17.1 Å². The summed E-state index contributed by atoms with van der Waals surface area (Å²) in [5.41, 5.74) is 3.49. The van der Waals surface area contributed by atoms with E-state index in [2.05, 4.69) is 23.2 Å². The Hall–Kier alpha value is -2.24. The maximum absolute atomic E-state index is 5.89. The van der Waals surface area contributed by atoms with Crippen molar-refractivity contribution in [2.45, 2.75) is 6.54 Å². The topological polar surface area (TPSA) is 30.3 Å². The number of ether oxygens (including phenoxy) is 1. The predicted octanol–water partition coefficient (Wildman–Crippen LogP) is 4.43. The van der Waals surface area contributed by atoms with Crippen LogP contribution in [-0.2, 0) is 13.6 Å². The molecule has 0 atom stereocenters. The van der Waals surface area contributed by atoms with E-state index in [0.29, 0.717) is 0 Å². The lowest BCUT2D eigenvalue weighted by Gasteiger charge is -2.25. The smallest absolute Gasteiger partial charge is 0.127 e. The summed E-state index contributed by atoms with van der Waals surface area (Å²) in [6.45, 7) is 3.28. The minimum atomic E-state index is 0.838. The Labute approximate surface area is 158 Å². The van der Waals surface area contributed by atoms with Crippen LogP contribution in [0.2, 0.25) is 0 Å². The van der Waals surface area contributed by atoms with E-state index < -0.39 is 0 Å². The van der Waals surface area contributed by atoms with Crippen molar-refractivity contribution in [2.75, 3.05) is 24.6 Å². The fourth-order valence-electron chi connectivity index (χ4n) is 3.20. The van der Waals surface area contributed by atoms with Crippen LogP contribution in [0.4, 0.5) is 0 Å². The van der Waals surface area contributed by atoms with Crippen molar-refractivity contribution in [3.8, 4) is 22.8 Å². The van der Waals surface area contributed by atoms with Crippen molar-refractivity contribution in [2.24, 2.45) is 7.05 Å². The summed E-state index contributed by atoms with van der Waals surface area (Å²) in [4.78, 5) is 2.52. The third-order valence-corrected chi connectivity index (χ3v) is 5.45. The lowest BCUT2D eigenvalue weighted by molar-refractivity contribution is 0.295. The standard InChI is InChI=1S/C21H23N3OS/c1-23-15-18(16-24-11-13-26-14-12-24)21(22-23)17-7-9-20(10-8-17)25-19-5-3-2-4-6-19/h2-10,15H,11-14,16H2,1H3. The SMILES string of the molecule is Cn1cc(CN2CCSCC2)c(-c2ccc(Oc3ccccc3)cc2)n1. The van der Waals surface area contributed by atoms with Gasteiger partial charge in [0.15, 0.2) is 0 Å². The number of hydrogen-bond donors (Lipinski definition) is 0. The monoisotopic (exact) mass is 365 g/mol. The van der Waals surface area contributed by atoms with Gasteiger partial charge in [-0.15, -0.1) is 0 Å². The second kappa shape index (κ2) is 7.98. The molecule has 0 bridgehead atoms. The van der Waals surface area contributed by atoms with Gasteiger partial charge in [-0.2, -0.15) is 16.9 Å². The number of thioether (sulfide) groups is 1. The maximum Gasteiger partial charge on any atom is 0.127 e. The van der Waals surface area contributed by atoms with Gasteiger partial charge in [-0.25, -0.2) is 0 Å². The molecule has 0 unspecified atom stereocenters. The molecule has 0 spiro atoms. The Morgan fingerprint density at radius 2 is 1.65 bits per heavy atom. The molecule has 0 saturated carbocycles. The number of aromatic nitrogens is 2. The Balaban J connectivity index is 1.52. The summed E-state index contributed by atoms with van der Waals surface area (Å²) in [5, 5.41) is 4.70. The number of rotatable bonds is 5. The minimum Gasteiger partial charge on any atom is -0.457 e. The second-order valence-corrected chi connectivity index (χ2v) is 7.73. The highest BCUT2D eigenvalue weighted by atomic mass is 32.2. The highest BCUT2D eigenvalue weighted by Crippen LogP contribution is 2.28. The van der Waals surface area contributed by atoms with E-state index in [9.17, 15) is 0 Å². The van der Waals surface area contributed by atoms with Crippen LogP contribution in [0, 0.1) is 0 Å². The normalized spacial score (nSPS) is 15.1. The maximum atomic E-state index is 5.89. The Morgan fingerprint density at radius 1 is 0.962 bits per heavy atom. The summed E-state index contributed by atoms with van der Waals surface area (Å²) in [7, 11) is 1.99. The van der Waals surface area contributed by atoms with Gasteiger partial charge in [-0.1, -0.05) is 18.2 Å². The molecule has 4 rings (SSSR count). The molecule has 1 aromatic heterocycles. The van der Waals surface area contributed by atoms with Gasteiger partial charge in [0.25, 0.3) is 0 Å². The third kappa shape index (κ3) is 4.11. The van der Waals surface area contributed by atoms with E-state index >= 15 is 0 Å². The van der Waals surface area contributed by atoms with Crippen molar-refractivity contribution >= 4 is 11.8 Å². The van der Waals surface area contributed by atoms with E-state index in [0.717, 1.165) is 42.4 Å². The molecule has 1 saturated heterocycles. The van der Waals surface area contributed by atoms with Gasteiger partial charge in [0.2, 0.25) is 0 Å². The number of benzene rings is 2. The first kappa shape index (κ1) is 17.2. The van der Waals surface area contributed by atoms with Crippen LogP contribution >= 0.6 is 11.8 Å². The van der Waals surface area contributed by atoms with Gasteiger partial charge in [0.1, 0.15) is 11.5 Å². The Morgan fingerprint density at radius 3 is 2.38 bits per heavy atom. The summed E-state index contributed by atoms with van der Waals surface area (Å²) < 4.78 is 7.80. The van der Waals surface area contributed by atoms with Crippen molar-refractivity contribution in [3.63, 3.8) is 0 Å². The largest absolute Gasteiger partial charge is 0.457 e. The van der Waals surface area contributed by atoms with Crippen LogP contribution in [-0.4, -0.2) is 39.3 Å². The zero-order valence-electron chi connectivity index (χ0n) is 15.0. The lowest BCUT2D eigenvalue weighted by atomic mass is 10.1. The number of nitrogens with zero attached hydrogens (tertiary/aromatic N) is 3. The molecule has 4 nitrogen and oxygen atoms in total. The second-order valence-electron chi connectivity index (χ2n) is 6.50. The molecule has 134 valence electrons. The molecule has 1 aliphatic heterocycles. The molecule has 26 heavy (non-hydrogen) atoms. The number of para-hydroxylation sites is 1. The van der Waals surface area contributed by atoms with Gasteiger partial charge in [-0.3, -0.25) is 9.58 Å². The van der Waals surface area contributed by atoms with Gasteiger partial charge in [0.05, 0.1) is 5.69 Å². The summed E-state index contributed by atoms with van der Waals surface area (Å²) >= 11 is 2.04. The first-order chi connectivity index (χ1) is 12.8. The zero-order chi connectivity index (χ0) is 17.8. The first-order valence-corrected chi connectivity index (χ1v) is 10.1. The van der Waals surface area contributed by atoms with Gasteiger partial charge in [-0.05, 0) is 36.4 Å². The van der Waals surface area contributed by atoms with Crippen LogP contribution in [0.25, 0.3) is 11.3 Å². The van der Waals surface area contributed by atoms with E-state index in [-0.39, 0.29) is 0 Å². The van der Waals surface area contributed by atoms with Crippen LogP contribution in [0.15, 0.2) is 60.8 Å². The Kier molecular flexibility index (Phi) is 5.27. The van der Waals surface area contributed by atoms with Crippen molar-refractivity contribution in [1.29, 1.82) is 0 Å². The molecule has 1 fully saturated rings. The molecule has 3 aromatic rings. The quantitative estimate of drug-likeness (QED) is 0.669. The van der Waals surface area contributed by atoms with Gasteiger partial charge < -0.3 is 4.74 Å². The lowest BCUT2D eigenvalue weighted by Crippen LogP contribution is -2.32. The molecule has 2 aromatic carbocycles. The van der Waals surface area contributed by atoms with Crippen LogP contribution in [0.3, 0.4) is 0 Å². The summed E-state index contributed by atoms with van der Waals surface area (Å²) in [5.74, 6) is 4.13. The molecule has 0 radical (unpaired) electrons. The fraction of sp³-hybridized carbons (Fsp3) is 0.286. The first-order valence-electron chi connectivity index (χ1n) is 8.94. The van der Waals surface area contributed by atoms with E-state index in [1.807, 2.05) is 66.0 Å². The fourth-order valence-corrected chi connectivity index (χ4v) is 4.18. The van der Waals surface area contributed by atoms with Crippen molar-refractivity contribution < 1.29 is 4.74 Å². The van der Waals surface area contributed by atoms with Gasteiger partial charge in [0, 0.05) is 55.5 Å². The average Bonchev–Trinajstić information content (AvgIpc) is 3.04. The predicted molar refractivity (Wildman–Crippen MR) is 108 cm³/mol. The highest BCUT2D eigenvalue weighted by molar-refractivity contribution is 7.99.